The molecule has 100 valence electrons. The lowest BCUT2D eigenvalue weighted by Gasteiger charge is -2.08. The van der Waals surface area contributed by atoms with Crippen LogP contribution in [-0.4, -0.2) is 15.0 Å². The Morgan fingerprint density at radius 3 is 2.85 bits per heavy atom. The van der Waals surface area contributed by atoms with Gasteiger partial charge < -0.3 is 5.73 Å². The van der Waals surface area contributed by atoms with Crippen molar-refractivity contribution in [1.29, 1.82) is 0 Å². The van der Waals surface area contributed by atoms with E-state index in [-0.39, 0.29) is 0 Å². The van der Waals surface area contributed by atoms with Crippen molar-refractivity contribution >= 4 is 28.6 Å². The zero-order chi connectivity index (χ0) is 14.3. The number of primary amides is 1. The summed E-state index contributed by atoms with van der Waals surface area (Å²) in [4.78, 5) is 15.8. The Morgan fingerprint density at radius 1 is 1.30 bits per heavy atom. The Balaban J connectivity index is 2.20. The van der Waals surface area contributed by atoms with Crippen LogP contribution < -0.4 is 5.73 Å². The zero-order valence-electron chi connectivity index (χ0n) is 10.8. The molecule has 0 atom stereocenters. The predicted octanol–water partition coefficient (Wildman–Crippen LogP) is 3.11. The molecule has 4 nitrogen and oxygen atoms in total. The highest BCUT2D eigenvalue weighted by Gasteiger charge is 2.12. The molecular weight excluding hydrogens is 274 g/mol. The van der Waals surface area contributed by atoms with Crippen LogP contribution in [0.3, 0.4) is 0 Å². The van der Waals surface area contributed by atoms with Gasteiger partial charge in [-0.1, -0.05) is 6.07 Å². The molecule has 0 saturated carbocycles. The molecule has 2 aromatic heterocycles. The number of carbonyl (C=O) groups is 1. The molecule has 0 saturated heterocycles. The van der Waals surface area contributed by atoms with Gasteiger partial charge in [0, 0.05) is 40.7 Å². The number of rotatable bonds is 2. The van der Waals surface area contributed by atoms with Crippen LogP contribution in [0, 0.1) is 6.92 Å². The number of nitrogens with zero attached hydrogens (tertiary/aromatic N) is 2. The Morgan fingerprint density at radius 2 is 2.10 bits per heavy atom. The smallest absolute Gasteiger partial charge is 0.249 e. The molecular formula is C15H12ClN3O. The molecule has 0 aliphatic heterocycles. The molecule has 20 heavy (non-hydrogen) atoms. The molecule has 3 rings (SSSR count). The number of aromatic nitrogens is 2. The number of amides is 1. The highest BCUT2D eigenvalue weighted by atomic mass is 35.5. The standard InChI is InChI=1S/C15H12ClN3O/c1-9-12(15(17)20)4-6-18-14(9)11-2-3-13-10(8-11)5-7-19(13)16/h2-8H,1H3,(H2,17,20). The van der Waals surface area contributed by atoms with Gasteiger partial charge in [0.1, 0.15) is 0 Å². The maximum atomic E-state index is 11.4. The fraction of sp³-hybridized carbons (Fsp3) is 0.0667. The van der Waals surface area contributed by atoms with E-state index < -0.39 is 5.91 Å². The fourth-order valence-corrected chi connectivity index (χ4v) is 2.56. The maximum Gasteiger partial charge on any atom is 0.249 e. The van der Waals surface area contributed by atoms with Gasteiger partial charge in [-0.15, -0.1) is 0 Å². The highest BCUT2D eigenvalue weighted by molar-refractivity contribution is 6.19. The lowest BCUT2D eigenvalue weighted by Crippen LogP contribution is -2.13. The number of benzene rings is 1. The van der Waals surface area contributed by atoms with E-state index in [4.69, 9.17) is 17.5 Å². The normalized spacial score (nSPS) is 10.9. The molecule has 0 unspecified atom stereocenters. The number of hydrogen-bond donors (Lipinski definition) is 1. The average molecular weight is 286 g/mol. The molecule has 0 radical (unpaired) electrons. The van der Waals surface area contributed by atoms with Crippen molar-refractivity contribution in [2.24, 2.45) is 5.73 Å². The molecule has 1 aromatic carbocycles. The second kappa shape index (κ2) is 4.65. The Hall–Kier alpha value is -2.33. The van der Waals surface area contributed by atoms with Crippen molar-refractivity contribution in [3.05, 3.63) is 53.9 Å². The molecule has 0 aliphatic carbocycles. The van der Waals surface area contributed by atoms with Crippen LogP contribution in [0.15, 0.2) is 42.7 Å². The lowest BCUT2D eigenvalue weighted by molar-refractivity contribution is 0.0999. The third kappa shape index (κ3) is 1.94. The Kier molecular flexibility index (Phi) is 2.95. The van der Waals surface area contributed by atoms with Crippen molar-refractivity contribution in [2.75, 3.05) is 0 Å². The molecule has 0 bridgehead atoms. The van der Waals surface area contributed by atoms with Gasteiger partial charge in [-0.3, -0.25) is 13.9 Å². The number of pyridine rings is 1. The van der Waals surface area contributed by atoms with Gasteiger partial charge in [-0.2, -0.15) is 0 Å². The summed E-state index contributed by atoms with van der Waals surface area (Å²) in [6, 6.07) is 9.42. The topological polar surface area (TPSA) is 60.9 Å². The van der Waals surface area contributed by atoms with Crippen LogP contribution in [0.2, 0.25) is 0 Å². The minimum absolute atomic E-state index is 0.445. The van der Waals surface area contributed by atoms with Crippen molar-refractivity contribution in [2.45, 2.75) is 6.92 Å². The van der Waals surface area contributed by atoms with Crippen LogP contribution in [0.25, 0.3) is 22.2 Å². The third-order valence-electron chi connectivity index (χ3n) is 3.39. The van der Waals surface area contributed by atoms with Gasteiger partial charge in [0.2, 0.25) is 5.91 Å². The predicted molar refractivity (Wildman–Crippen MR) is 79.7 cm³/mol. The van der Waals surface area contributed by atoms with Crippen LogP contribution in [0.4, 0.5) is 0 Å². The quantitative estimate of drug-likeness (QED) is 0.786. The largest absolute Gasteiger partial charge is 0.366 e. The van der Waals surface area contributed by atoms with Gasteiger partial charge in [0.15, 0.2) is 0 Å². The summed E-state index contributed by atoms with van der Waals surface area (Å²) >= 11 is 6.01. The number of fused-ring (bicyclic) bond motifs is 1. The summed E-state index contributed by atoms with van der Waals surface area (Å²) in [5.74, 6) is -0.445. The summed E-state index contributed by atoms with van der Waals surface area (Å²) in [5.41, 5.74) is 9.26. The molecule has 0 spiro atoms. The van der Waals surface area contributed by atoms with E-state index in [1.807, 2.05) is 31.2 Å². The average Bonchev–Trinajstić information content (AvgIpc) is 2.80. The number of carbonyl (C=O) groups excluding carboxylic acids is 1. The molecule has 2 N–H and O–H groups in total. The first-order chi connectivity index (χ1) is 9.58. The molecule has 1 amide bonds. The van der Waals surface area contributed by atoms with E-state index >= 15 is 0 Å². The third-order valence-corrected chi connectivity index (χ3v) is 3.68. The van der Waals surface area contributed by atoms with Crippen LogP contribution in [0.5, 0.6) is 0 Å². The van der Waals surface area contributed by atoms with Crippen LogP contribution >= 0.6 is 11.8 Å². The summed E-state index contributed by atoms with van der Waals surface area (Å²) in [5, 5.41) is 1.02. The fourth-order valence-electron chi connectivity index (χ4n) is 2.35. The van der Waals surface area contributed by atoms with Crippen molar-refractivity contribution < 1.29 is 4.79 Å². The SMILES string of the molecule is Cc1c(C(N)=O)ccnc1-c1ccc2c(ccn2Cl)c1. The van der Waals surface area contributed by atoms with Gasteiger partial charge >= 0.3 is 0 Å². The van der Waals surface area contributed by atoms with Gasteiger partial charge in [0.25, 0.3) is 0 Å². The summed E-state index contributed by atoms with van der Waals surface area (Å²) < 4.78 is 1.54. The summed E-state index contributed by atoms with van der Waals surface area (Å²) in [7, 11) is 0. The van der Waals surface area contributed by atoms with E-state index in [9.17, 15) is 4.79 Å². The van der Waals surface area contributed by atoms with Crippen LogP contribution in [-0.2, 0) is 0 Å². The van der Waals surface area contributed by atoms with E-state index in [0.29, 0.717) is 5.56 Å². The lowest BCUT2D eigenvalue weighted by atomic mass is 10.0. The van der Waals surface area contributed by atoms with Crippen LogP contribution in [0.1, 0.15) is 15.9 Å². The van der Waals surface area contributed by atoms with Crippen molar-refractivity contribution in [1.82, 2.24) is 9.07 Å². The maximum absolute atomic E-state index is 11.4. The number of halogens is 1. The zero-order valence-corrected chi connectivity index (χ0v) is 11.6. The minimum Gasteiger partial charge on any atom is -0.366 e. The molecule has 3 aromatic rings. The molecule has 5 heteroatoms. The Labute approximate surface area is 120 Å². The highest BCUT2D eigenvalue weighted by Crippen LogP contribution is 2.27. The Bertz CT molecular complexity index is 823. The van der Waals surface area contributed by atoms with E-state index in [1.54, 1.807) is 22.5 Å². The van der Waals surface area contributed by atoms with Gasteiger partial charge in [-0.25, -0.2) is 0 Å². The van der Waals surface area contributed by atoms with E-state index in [0.717, 1.165) is 27.7 Å². The van der Waals surface area contributed by atoms with Gasteiger partial charge in [0.05, 0.1) is 11.2 Å². The first-order valence-electron chi connectivity index (χ1n) is 6.11. The molecule has 0 aliphatic rings. The number of nitrogens with two attached hydrogens (primary N) is 1. The first kappa shape index (κ1) is 12.7. The minimum atomic E-state index is -0.445. The summed E-state index contributed by atoms with van der Waals surface area (Å²) in [6.45, 7) is 1.85. The second-order valence-electron chi connectivity index (χ2n) is 4.60. The van der Waals surface area contributed by atoms with Crippen molar-refractivity contribution in [3.63, 3.8) is 0 Å². The number of hydrogen-bond acceptors (Lipinski definition) is 2. The first-order valence-corrected chi connectivity index (χ1v) is 6.45. The molecule has 2 heterocycles. The van der Waals surface area contributed by atoms with E-state index in [1.165, 1.54) is 0 Å². The van der Waals surface area contributed by atoms with Crippen molar-refractivity contribution in [3.8, 4) is 11.3 Å². The summed E-state index contributed by atoms with van der Waals surface area (Å²) in [6.07, 6.45) is 3.38. The van der Waals surface area contributed by atoms with E-state index in [2.05, 4.69) is 4.98 Å². The second-order valence-corrected chi connectivity index (χ2v) is 4.96. The monoisotopic (exact) mass is 285 g/mol. The van der Waals surface area contributed by atoms with Gasteiger partial charge in [-0.05, 0) is 36.8 Å². The molecule has 0 fully saturated rings.